The zero-order valence-corrected chi connectivity index (χ0v) is 13.5. The molecule has 2 N–H and O–H groups in total. The highest BCUT2D eigenvalue weighted by molar-refractivity contribution is 6.00. The normalized spacial score (nSPS) is 17.0. The first-order valence-electron chi connectivity index (χ1n) is 7.90. The number of nitrogens with zero attached hydrogens (tertiary/aromatic N) is 2. The lowest BCUT2D eigenvalue weighted by molar-refractivity contribution is -0.126. The van der Waals surface area contributed by atoms with E-state index in [2.05, 4.69) is 15.6 Å². The van der Waals surface area contributed by atoms with E-state index in [1.807, 2.05) is 30.3 Å². The third-order valence-corrected chi connectivity index (χ3v) is 4.05. The second-order valence-electron chi connectivity index (χ2n) is 5.91. The second-order valence-corrected chi connectivity index (χ2v) is 5.91. The summed E-state index contributed by atoms with van der Waals surface area (Å²) in [5, 5.41) is 6.22. The van der Waals surface area contributed by atoms with E-state index in [1.165, 1.54) is 0 Å². The fourth-order valence-electron chi connectivity index (χ4n) is 2.76. The zero-order valence-electron chi connectivity index (χ0n) is 13.5. The Kier molecular flexibility index (Phi) is 4.74. The second kappa shape index (κ2) is 7.12. The third-order valence-electron chi connectivity index (χ3n) is 4.05. The van der Waals surface area contributed by atoms with E-state index in [0.717, 1.165) is 11.3 Å². The quantitative estimate of drug-likeness (QED) is 0.877. The molecule has 6 heteroatoms. The molecule has 1 aliphatic heterocycles. The van der Waals surface area contributed by atoms with Crippen molar-refractivity contribution in [3.8, 4) is 0 Å². The number of para-hydroxylation sites is 1. The first-order valence-corrected chi connectivity index (χ1v) is 7.90. The summed E-state index contributed by atoms with van der Waals surface area (Å²) in [6, 6.07) is 11.1. The van der Waals surface area contributed by atoms with Crippen LogP contribution in [0.3, 0.4) is 0 Å². The summed E-state index contributed by atoms with van der Waals surface area (Å²) in [5.41, 5.74) is 2.37. The number of pyridine rings is 1. The fraction of sp³-hybridized carbons (Fsp3) is 0.278. The number of nitrogens with one attached hydrogen (secondary N) is 2. The Bertz CT molecular complexity index is 733. The summed E-state index contributed by atoms with van der Waals surface area (Å²) < 4.78 is 0. The average molecular weight is 324 g/mol. The van der Waals surface area contributed by atoms with Crippen LogP contribution in [0.1, 0.15) is 22.3 Å². The molecule has 0 radical (unpaired) electrons. The molecule has 1 aliphatic rings. The molecule has 6 nitrogen and oxygen atoms in total. The van der Waals surface area contributed by atoms with Crippen molar-refractivity contribution >= 4 is 17.5 Å². The minimum atomic E-state index is -0.169. The van der Waals surface area contributed by atoms with Gasteiger partial charge in [-0.15, -0.1) is 0 Å². The summed E-state index contributed by atoms with van der Waals surface area (Å²) in [4.78, 5) is 29.9. The van der Waals surface area contributed by atoms with Crippen LogP contribution in [0.5, 0.6) is 0 Å². The molecule has 0 unspecified atom stereocenters. The molecular weight excluding hydrogens is 304 g/mol. The van der Waals surface area contributed by atoms with E-state index in [9.17, 15) is 9.59 Å². The maximum absolute atomic E-state index is 12.6. The van der Waals surface area contributed by atoms with Crippen LogP contribution >= 0.6 is 0 Å². The lowest BCUT2D eigenvalue weighted by Crippen LogP contribution is -2.36. The fourth-order valence-corrected chi connectivity index (χ4v) is 2.76. The molecule has 24 heavy (non-hydrogen) atoms. The van der Waals surface area contributed by atoms with Crippen molar-refractivity contribution in [2.45, 2.75) is 19.0 Å². The number of anilines is 1. The van der Waals surface area contributed by atoms with E-state index in [0.29, 0.717) is 25.1 Å². The number of amides is 2. The molecule has 1 atom stereocenters. The van der Waals surface area contributed by atoms with Gasteiger partial charge in [-0.1, -0.05) is 18.2 Å². The molecule has 1 fully saturated rings. The molecule has 124 valence electrons. The Hall–Kier alpha value is -2.89. The standard InChI is InChI=1S/C18H20N4O2/c1-22-12-14(9-17(22)23)21-18(24)15-6-2-3-7-16(15)20-11-13-5-4-8-19-10-13/h2-8,10,14,20H,9,11-12H2,1H3,(H,21,24)/t14-/m0/s1. The summed E-state index contributed by atoms with van der Waals surface area (Å²) in [6.07, 6.45) is 3.87. The monoisotopic (exact) mass is 324 g/mol. The molecule has 0 bridgehead atoms. The van der Waals surface area contributed by atoms with Crippen molar-refractivity contribution in [2.24, 2.45) is 0 Å². The molecule has 3 rings (SSSR count). The van der Waals surface area contributed by atoms with Crippen LogP contribution in [0.15, 0.2) is 48.8 Å². The number of carbonyl (C=O) groups excluding carboxylic acids is 2. The lowest BCUT2D eigenvalue weighted by Gasteiger charge is -2.15. The van der Waals surface area contributed by atoms with Gasteiger partial charge in [-0.3, -0.25) is 14.6 Å². The third kappa shape index (κ3) is 3.71. The van der Waals surface area contributed by atoms with E-state index in [-0.39, 0.29) is 17.9 Å². The van der Waals surface area contributed by atoms with Gasteiger partial charge in [0.1, 0.15) is 0 Å². The highest BCUT2D eigenvalue weighted by Crippen LogP contribution is 2.17. The summed E-state index contributed by atoms with van der Waals surface area (Å²) in [5.74, 6) is -0.110. The highest BCUT2D eigenvalue weighted by atomic mass is 16.2. The predicted molar refractivity (Wildman–Crippen MR) is 91.5 cm³/mol. The molecular formula is C18H20N4O2. The van der Waals surface area contributed by atoms with Crippen LogP contribution in [-0.4, -0.2) is 41.3 Å². The maximum atomic E-state index is 12.6. The first kappa shape index (κ1) is 16.0. The minimum absolute atomic E-state index is 0.0586. The van der Waals surface area contributed by atoms with Crippen LogP contribution in [0.2, 0.25) is 0 Å². The van der Waals surface area contributed by atoms with Crippen molar-refractivity contribution in [1.29, 1.82) is 0 Å². The van der Waals surface area contributed by atoms with Gasteiger partial charge in [0.2, 0.25) is 5.91 Å². The maximum Gasteiger partial charge on any atom is 0.253 e. The number of likely N-dealkylation sites (tertiary alicyclic amines) is 1. The largest absolute Gasteiger partial charge is 0.380 e. The number of hydrogen-bond donors (Lipinski definition) is 2. The van der Waals surface area contributed by atoms with Crippen molar-refractivity contribution in [1.82, 2.24) is 15.2 Å². The first-order chi connectivity index (χ1) is 11.6. The van der Waals surface area contributed by atoms with Crippen molar-refractivity contribution in [3.05, 3.63) is 59.9 Å². The lowest BCUT2D eigenvalue weighted by atomic mass is 10.1. The summed E-state index contributed by atoms with van der Waals surface area (Å²) >= 11 is 0. The molecule has 2 heterocycles. The van der Waals surface area contributed by atoms with Gasteiger partial charge in [-0.2, -0.15) is 0 Å². The molecule has 0 spiro atoms. The van der Waals surface area contributed by atoms with Crippen LogP contribution in [-0.2, 0) is 11.3 Å². The summed E-state index contributed by atoms with van der Waals surface area (Å²) in [6.45, 7) is 1.14. The van der Waals surface area contributed by atoms with Gasteiger partial charge in [0.05, 0.1) is 11.6 Å². The number of likely N-dealkylation sites (N-methyl/N-ethyl adjacent to an activating group) is 1. The van der Waals surface area contributed by atoms with Crippen LogP contribution in [0.4, 0.5) is 5.69 Å². The van der Waals surface area contributed by atoms with Crippen molar-refractivity contribution in [2.75, 3.05) is 18.9 Å². The summed E-state index contributed by atoms with van der Waals surface area (Å²) in [7, 11) is 1.75. The van der Waals surface area contributed by atoms with Gasteiger partial charge >= 0.3 is 0 Å². The Morgan fingerprint density at radius 1 is 1.29 bits per heavy atom. The Morgan fingerprint density at radius 2 is 2.12 bits per heavy atom. The highest BCUT2D eigenvalue weighted by Gasteiger charge is 2.28. The predicted octanol–water partition coefficient (Wildman–Crippen LogP) is 1.65. The average Bonchev–Trinajstić information content (AvgIpc) is 2.91. The minimum Gasteiger partial charge on any atom is -0.380 e. The zero-order chi connectivity index (χ0) is 16.9. The van der Waals surface area contributed by atoms with Crippen molar-refractivity contribution in [3.63, 3.8) is 0 Å². The topological polar surface area (TPSA) is 74.3 Å². The Morgan fingerprint density at radius 3 is 2.83 bits per heavy atom. The Balaban J connectivity index is 1.67. The molecule has 1 saturated heterocycles. The van der Waals surface area contributed by atoms with E-state index >= 15 is 0 Å². The number of aromatic nitrogens is 1. The van der Waals surface area contributed by atoms with Crippen molar-refractivity contribution < 1.29 is 9.59 Å². The van der Waals surface area contributed by atoms with Gasteiger partial charge in [0.25, 0.3) is 5.91 Å². The van der Waals surface area contributed by atoms with Crippen LogP contribution < -0.4 is 10.6 Å². The Labute approximate surface area is 140 Å². The van der Waals surface area contributed by atoms with Gasteiger partial charge in [0.15, 0.2) is 0 Å². The molecule has 1 aromatic carbocycles. The number of carbonyl (C=O) groups is 2. The molecule has 1 aromatic heterocycles. The van der Waals surface area contributed by atoms with E-state index in [4.69, 9.17) is 0 Å². The van der Waals surface area contributed by atoms with Crippen LogP contribution in [0.25, 0.3) is 0 Å². The van der Waals surface area contributed by atoms with E-state index < -0.39 is 0 Å². The van der Waals surface area contributed by atoms with Crippen LogP contribution in [0, 0.1) is 0 Å². The van der Waals surface area contributed by atoms with E-state index in [1.54, 1.807) is 30.4 Å². The molecule has 0 aliphatic carbocycles. The molecule has 0 saturated carbocycles. The van der Waals surface area contributed by atoms with Gasteiger partial charge in [-0.05, 0) is 23.8 Å². The van der Waals surface area contributed by atoms with Gasteiger partial charge in [0, 0.05) is 44.6 Å². The number of hydrogen-bond acceptors (Lipinski definition) is 4. The molecule has 2 aromatic rings. The SMILES string of the molecule is CN1C[C@@H](NC(=O)c2ccccc2NCc2cccnc2)CC1=O. The smallest absolute Gasteiger partial charge is 0.253 e. The molecule has 2 amide bonds. The van der Waals surface area contributed by atoms with Gasteiger partial charge in [-0.25, -0.2) is 0 Å². The number of rotatable bonds is 5. The number of benzene rings is 1. The van der Waals surface area contributed by atoms with Gasteiger partial charge < -0.3 is 15.5 Å².